The summed E-state index contributed by atoms with van der Waals surface area (Å²) in [6.07, 6.45) is 4.04. The molecule has 0 saturated heterocycles. The molecule has 0 N–H and O–H groups in total. The van der Waals surface area contributed by atoms with Crippen LogP contribution in [0.15, 0.2) is 42.7 Å². The highest BCUT2D eigenvalue weighted by Gasteiger charge is 2.37. The molecule has 4 rings (SSSR count). The van der Waals surface area contributed by atoms with E-state index in [-0.39, 0.29) is 5.91 Å². The molecule has 146 valence electrons. The fraction of sp³-hybridized carbons (Fsp3) is 0.364. The maximum Gasteiger partial charge on any atom is 0.230 e. The predicted octanol–water partition coefficient (Wildman–Crippen LogP) is 4.39. The van der Waals surface area contributed by atoms with Gasteiger partial charge in [0.25, 0.3) is 0 Å². The fourth-order valence-electron chi connectivity index (χ4n) is 3.78. The number of nitrogens with zero attached hydrogens (tertiary/aromatic N) is 4. The molecule has 3 heterocycles. The summed E-state index contributed by atoms with van der Waals surface area (Å²) in [6.45, 7) is 9.04. The van der Waals surface area contributed by atoms with Gasteiger partial charge in [0, 0.05) is 23.8 Å². The first-order valence-corrected chi connectivity index (χ1v) is 10.0. The van der Waals surface area contributed by atoms with E-state index < -0.39 is 5.41 Å². The maximum atomic E-state index is 12.9. The number of carbonyl (C=O) groups excluding carboxylic acids is 1. The summed E-state index contributed by atoms with van der Waals surface area (Å²) in [7, 11) is 0. The average molecular weight is 397 g/mol. The molecule has 5 nitrogen and oxygen atoms in total. The second kappa shape index (κ2) is 6.82. The Morgan fingerprint density at radius 2 is 1.89 bits per heavy atom. The van der Waals surface area contributed by atoms with Crippen LogP contribution in [-0.2, 0) is 17.9 Å². The number of carbonyl (C=O) groups is 1. The Labute approximate surface area is 170 Å². The minimum absolute atomic E-state index is 0.0667. The van der Waals surface area contributed by atoms with Crippen LogP contribution in [0.3, 0.4) is 0 Å². The molecule has 2 aromatic heterocycles. The van der Waals surface area contributed by atoms with Gasteiger partial charge in [0.2, 0.25) is 5.91 Å². The van der Waals surface area contributed by atoms with Crippen molar-refractivity contribution in [3.8, 4) is 11.5 Å². The summed E-state index contributed by atoms with van der Waals surface area (Å²) in [5.74, 6) is 1.36. The topological polar surface area (TPSA) is 43.1 Å². The van der Waals surface area contributed by atoms with Gasteiger partial charge in [0.1, 0.15) is 5.82 Å². The monoisotopic (exact) mass is 396 g/mol. The molecule has 0 bridgehead atoms. The molecular weight excluding hydrogens is 372 g/mol. The van der Waals surface area contributed by atoms with Crippen molar-refractivity contribution in [3.63, 3.8) is 0 Å². The molecule has 1 amide bonds. The molecule has 0 unspecified atom stereocenters. The molecule has 28 heavy (non-hydrogen) atoms. The summed E-state index contributed by atoms with van der Waals surface area (Å²) in [5.41, 5.74) is 4.91. The van der Waals surface area contributed by atoms with E-state index >= 15 is 0 Å². The molecule has 1 aliphatic rings. The molecule has 0 radical (unpaired) electrons. The van der Waals surface area contributed by atoms with Crippen LogP contribution in [-0.4, -0.2) is 31.0 Å². The number of rotatable bonds is 4. The third-order valence-electron chi connectivity index (χ3n) is 5.36. The van der Waals surface area contributed by atoms with Crippen LogP contribution < -0.4 is 0 Å². The van der Waals surface area contributed by atoms with Gasteiger partial charge in [-0.3, -0.25) is 4.79 Å². The van der Waals surface area contributed by atoms with Crippen LogP contribution >= 0.6 is 11.6 Å². The standard InChI is InChI=1S/C22H25ClN4O/c1-15-7-8-19(16(2)11-15)27-20(25-9-5-6-10-25)17-12-26(13-18(17)24-27)21(28)22(3,4)14-23/h5-11H,12-14H2,1-4H3. The molecule has 0 aliphatic carbocycles. The Hall–Kier alpha value is -2.53. The molecular formula is C22H25ClN4O. The molecule has 1 aliphatic heterocycles. The minimum Gasteiger partial charge on any atom is -0.332 e. The SMILES string of the molecule is Cc1ccc(-n2nc3c(c2-n2cccc2)CN(C(=O)C(C)(C)CCl)C3)c(C)c1. The number of fused-ring (bicyclic) bond motifs is 1. The molecule has 3 aromatic rings. The number of alkyl halides is 1. The lowest BCUT2D eigenvalue weighted by Crippen LogP contribution is -2.39. The van der Waals surface area contributed by atoms with Crippen molar-refractivity contribution in [2.75, 3.05) is 5.88 Å². The van der Waals surface area contributed by atoms with Crippen LogP contribution in [0.1, 0.15) is 36.2 Å². The number of amides is 1. The first kappa shape index (κ1) is 18.8. The lowest BCUT2D eigenvalue weighted by atomic mass is 9.94. The van der Waals surface area contributed by atoms with Crippen molar-refractivity contribution in [3.05, 3.63) is 65.1 Å². The van der Waals surface area contributed by atoms with Gasteiger partial charge in [-0.15, -0.1) is 11.6 Å². The van der Waals surface area contributed by atoms with Crippen molar-refractivity contribution in [1.29, 1.82) is 0 Å². The van der Waals surface area contributed by atoms with Crippen LogP contribution in [0.2, 0.25) is 0 Å². The second-order valence-electron chi connectivity index (χ2n) is 8.22. The first-order valence-electron chi connectivity index (χ1n) is 9.49. The minimum atomic E-state index is -0.581. The average Bonchev–Trinajstić information content (AvgIpc) is 3.36. The number of aryl methyl sites for hydroxylation is 2. The maximum absolute atomic E-state index is 12.9. The fourth-order valence-corrected chi connectivity index (χ4v) is 3.90. The van der Waals surface area contributed by atoms with Crippen LogP contribution in [0.4, 0.5) is 0 Å². The van der Waals surface area contributed by atoms with Gasteiger partial charge in [-0.25, -0.2) is 4.68 Å². The Balaban J connectivity index is 1.80. The number of hydrogen-bond acceptors (Lipinski definition) is 2. The van der Waals surface area contributed by atoms with E-state index in [1.165, 1.54) is 11.1 Å². The van der Waals surface area contributed by atoms with Crippen LogP contribution in [0.5, 0.6) is 0 Å². The number of benzene rings is 1. The summed E-state index contributed by atoms with van der Waals surface area (Å²) < 4.78 is 4.08. The lowest BCUT2D eigenvalue weighted by Gasteiger charge is -2.27. The van der Waals surface area contributed by atoms with Gasteiger partial charge in [-0.05, 0) is 51.5 Å². The van der Waals surface area contributed by atoms with E-state index in [9.17, 15) is 4.79 Å². The number of aromatic nitrogens is 3. The van der Waals surface area contributed by atoms with E-state index in [1.54, 1.807) is 0 Å². The van der Waals surface area contributed by atoms with Gasteiger partial charge in [0.15, 0.2) is 0 Å². The normalized spacial score (nSPS) is 13.8. The van der Waals surface area contributed by atoms with E-state index in [0.717, 1.165) is 22.8 Å². The Bertz CT molecular complexity index is 1030. The quantitative estimate of drug-likeness (QED) is 0.614. The highest BCUT2D eigenvalue weighted by Crippen LogP contribution is 2.34. The zero-order valence-corrected chi connectivity index (χ0v) is 17.5. The predicted molar refractivity (Wildman–Crippen MR) is 111 cm³/mol. The van der Waals surface area contributed by atoms with Crippen molar-refractivity contribution in [1.82, 2.24) is 19.2 Å². The zero-order chi connectivity index (χ0) is 20.1. The lowest BCUT2D eigenvalue weighted by molar-refractivity contribution is -0.139. The van der Waals surface area contributed by atoms with Crippen molar-refractivity contribution in [2.24, 2.45) is 5.41 Å². The van der Waals surface area contributed by atoms with Crippen molar-refractivity contribution >= 4 is 17.5 Å². The third-order valence-corrected chi connectivity index (χ3v) is 6.03. The van der Waals surface area contributed by atoms with Crippen LogP contribution in [0.25, 0.3) is 11.5 Å². The van der Waals surface area contributed by atoms with Gasteiger partial charge >= 0.3 is 0 Å². The smallest absolute Gasteiger partial charge is 0.230 e. The summed E-state index contributed by atoms with van der Waals surface area (Å²) in [4.78, 5) is 14.8. The number of halogens is 1. The van der Waals surface area contributed by atoms with Crippen molar-refractivity contribution in [2.45, 2.75) is 40.8 Å². The Morgan fingerprint density at radius 3 is 2.54 bits per heavy atom. The molecule has 1 aromatic carbocycles. The third kappa shape index (κ3) is 3.04. The summed E-state index contributed by atoms with van der Waals surface area (Å²) in [5, 5.41) is 4.92. The second-order valence-corrected chi connectivity index (χ2v) is 8.49. The molecule has 0 spiro atoms. The summed E-state index contributed by atoms with van der Waals surface area (Å²) >= 11 is 6.03. The highest BCUT2D eigenvalue weighted by molar-refractivity contribution is 6.19. The van der Waals surface area contributed by atoms with Gasteiger partial charge in [0.05, 0.1) is 29.9 Å². The van der Waals surface area contributed by atoms with Gasteiger partial charge < -0.3 is 9.47 Å². The van der Waals surface area contributed by atoms with E-state index in [4.69, 9.17) is 16.7 Å². The van der Waals surface area contributed by atoms with Crippen molar-refractivity contribution < 1.29 is 4.79 Å². The molecule has 0 fully saturated rings. The highest BCUT2D eigenvalue weighted by atomic mass is 35.5. The largest absolute Gasteiger partial charge is 0.332 e. The van der Waals surface area contributed by atoms with Gasteiger partial charge in [-0.2, -0.15) is 5.10 Å². The Morgan fingerprint density at radius 1 is 1.18 bits per heavy atom. The zero-order valence-electron chi connectivity index (χ0n) is 16.7. The summed E-state index contributed by atoms with van der Waals surface area (Å²) in [6, 6.07) is 10.4. The molecule has 0 atom stereocenters. The van der Waals surface area contributed by atoms with E-state index in [0.29, 0.717) is 19.0 Å². The number of hydrogen-bond donors (Lipinski definition) is 0. The molecule has 6 heteroatoms. The van der Waals surface area contributed by atoms with E-state index in [2.05, 4.69) is 36.6 Å². The van der Waals surface area contributed by atoms with Crippen LogP contribution in [0, 0.1) is 19.3 Å². The van der Waals surface area contributed by atoms with E-state index in [1.807, 2.05) is 48.0 Å². The Kier molecular flexibility index (Phi) is 4.58. The molecule has 0 saturated carbocycles. The van der Waals surface area contributed by atoms with Gasteiger partial charge in [-0.1, -0.05) is 17.7 Å². The first-order chi connectivity index (χ1) is 13.3.